The highest BCUT2D eigenvalue weighted by Gasteiger charge is 2.35. The van der Waals surface area contributed by atoms with Gasteiger partial charge in [0.05, 0.1) is 5.69 Å². The van der Waals surface area contributed by atoms with Crippen molar-refractivity contribution in [3.05, 3.63) is 82.6 Å². The maximum absolute atomic E-state index is 13.7. The SMILES string of the molecule is CSCC[C@@H](C(=O)O)N(C(=O)c1ccccc1)c1ccccc1N(Cc1cccs1)[S+]([O-])S. The zero-order valence-electron chi connectivity index (χ0n) is 17.9. The van der Waals surface area contributed by atoms with E-state index >= 15 is 0 Å². The normalized spacial score (nSPS) is 12.7. The molecule has 0 fully saturated rings. The van der Waals surface area contributed by atoms with Crippen LogP contribution in [0, 0.1) is 0 Å². The van der Waals surface area contributed by atoms with Gasteiger partial charge in [-0.05, 0) is 54.1 Å². The van der Waals surface area contributed by atoms with E-state index in [2.05, 4.69) is 11.7 Å². The number of aliphatic carboxylic acids is 1. The third-order valence-electron chi connectivity index (χ3n) is 4.91. The summed E-state index contributed by atoms with van der Waals surface area (Å²) in [6.45, 7) is 0.306. The van der Waals surface area contributed by atoms with Gasteiger partial charge in [0.15, 0.2) is 0 Å². The maximum Gasteiger partial charge on any atom is 0.326 e. The van der Waals surface area contributed by atoms with E-state index in [0.717, 1.165) is 4.88 Å². The van der Waals surface area contributed by atoms with Crippen molar-refractivity contribution in [3.8, 4) is 0 Å². The molecule has 1 aromatic heterocycles. The number of thioether (sulfide) groups is 1. The lowest BCUT2D eigenvalue weighted by atomic mass is 10.1. The van der Waals surface area contributed by atoms with Crippen molar-refractivity contribution in [1.29, 1.82) is 0 Å². The predicted molar refractivity (Wildman–Crippen MR) is 142 cm³/mol. The van der Waals surface area contributed by atoms with Crippen molar-refractivity contribution < 1.29 is 19.2 Å². The van der Waals surface area contributed by atoms with Gasteiger partial charge >= 0.3 is 5.97 Å². The van der Waals surface area contributed by atoms with Gasteiger partial charge in [-0.25, -0.2) is 4.79 Å². The molecule has 0 bridgehead atoms. The average molecular weight is 521 g/mol. The summed E-state index contributed by atoms with van der Waals surface area (Å²) >= 11 is 7.21. The number of carbonyl (C=O) groups excluding carboxylic acids is 1. The van der Waals surface area contributed by atoms with Gasteiger partial charge in [-0.3, -0.25) is 9.69 Å². The van der Waals surface area contributed by atoms with Gasteiger partial charge < -0.3 is 9.66 Å². The summed E-state index contributed by atoms with van der Waals surface area (Å²) in [5, 5.41) is 12.0. The maximum atomic E-state index is 13.7. The Morgan fingerprint density at radius 2 is 1.76 bits per heavy atom. The molecule has 2 atom stereocenters. The summed E-state index contributed by atoms with van der Waals surface area (Å²) < 4.78 is 14.2. The Morgan fingerprint density at radius 3 is 2.33 bits per heavy atom. The fraction of sp³-hybridized carbons (Fsp3) is 0.217. The number of anilines is 2. The molecule has 1 amide bonds. The van der Waals surface area contributed by atoms with E-state index in [0.29, 0.717) is 29.2 Å². The van der Waals surface area contributed by atoms with Crippen molar-refractivity contribution in [2.75, 3.05) is 21.2 Å². The summed E-state index contributed by atoms with van der Waals surface area (Å²) in [4.78, 5) is 28.3. The second-order valence-corrected chi connectivity index (χ2v) is 10.9. The predicted octanol–water partition coefficient (Wildman–Crippen LogP) is 5.12. The summed E-state index contributed by atoms with van der Waals surface area (Å²) in [6.07, 6.45) is 2.15. The smallest absolute Gasteiger partial charge is 0.326 e. The molecule has 0 saturated heterocycles. The zero-order valence-corrected chi connectivity index (χ0v) is 21.2. The third kappa shape index (κ3) is 6.48. The molecule has 1 heterocycles. The fourth-order valence-corrected chi connectivity index (χ4v) is 5.62. The van der Waals surface area contributed by atoms with Gasteiger partial charge in [0, 0.05) is 10.4 Å². The molecule has 0 aliphatic rings. The molecule has 3 rings (SSSR count). The van der Waals surface area contributed by atoms with Crippen molar-refractivity contribution in [1.82, 2.24) is 0 Å². The second kappa shape index (κ2) is 12.4. The first-order chi connectivity index (χ1) is 15.9. The highest BCUT2D eigenvalue weighted by atomic mass is 33.1. The lowest BCUT2D eigenvalue weighted by Gasteiger charge is -2.33. The number of nitrogens with zero attached hydrogens (tertiary/aromatic N) is 2. The van der Waals surface area contributed by atoms with Crippen LogP contribution in [-0.4, -0.2) is 39.6 Å². The minimum absolute atomic E-state index is 0.262. The van der Waals surface area contributed by atoms with Crippen LogP contribution in [0.1, 0.15) is 21.7 Å². The van der Waals surface area contributed by atoms with Crippen LogP contribution in [-0.2, 0) is 21.7 Å². The number of hydrogen-bond donors (Lipinski definition) is 2. The molecule has 1 unspecified atom stereocenters. The first kappa shape index (κ1) is 25.5. The van der Waals surface area contributed by atoms with Gasteiger partial charge in [0.2, 0.25) is 0 Å². The van der Waals surface area contributed by atoms with Crippen LogP contribution in [0.15, 0.2) is 72.1 Å². The Labute approximate surface area is 209 Å². The molecule has 0 aliphatic carbocycles. The molecule has 2 aromatic carbocycles. The molecule has 6 nitrogen and oxygen atoms in total. The Bertz CT molecular complexity index is 1050. The van der Waals surface area contributed by atoms with E-state index < -0.39 is 28.3 Å². The Hall–Kier alpha value is -2.11. The van der Waals surface area contributed by atoms with Gasteiger partial charge in [-0.2, -0.15) is 16.1 Å². The Balaban J connectivity index is 2.13. The Kier molecular flexibility index (Phi) is 9.57. The van der Waals surface area contributed by atoms with Crippen molar-refractivity contribution in [3.63, 3.8) is 0 Å². The van der Waals surface area contributed by atoms with E-state index in [4.69, 9.17) is 0 Å². The summed E-state index contributed by atoms with van der Waals surface area (Å²) in [5.41, 5.74) is 1.22. The molecule has 174 valence electrons. The van der Waals surface area contributed by atoms with E-state index in [9.17, 15) is 19.2 Å². The standard InChI is InChI=1S/C23H24N2O4S4/c1-31-15-13-21(23(27)28)25(22(26)17-8-3-2-4-9-17)20-12-6-5-11-19(20)24(33(29)30)16-18-10-7-14-32-18/h2-12,14,21H,13,15-16H2,1H3,(H,27,28)(H,29,30)/t21-,33?/m0/s1. The molecule has 0 saturated carbocycles. The largest absolute Gasteiger partial charge is 0.581 e. The van der Waals surface area contributed by atoms with E-state index in [1.54, 1.807) is 58.9 Å². The monoisotopic (exact) mass is 520 g/mol. The molecule has 10 heteroatoms. The van der Waals surface area contributed by atoms with Crippen molar-refractivity contribution in [2.45, 2.75) is 19.0 Å². The second-order valence-electron chi connectivity index (χ2n) is 7.01. The quantitative estimate of drug-likeness (QED) is 0.208. The van der Waals surface area contributed by atoms with E-state index in [-0.39, 0.29) is 6.42 Å². The Morgan fingerprint density at radius 1 is 1.09 bits per heavy atom. The van der Waals surface area contributed by atoms with Crippen LogP contribution in [0.25, 0.3) is 0 Å². The zero-order chi connectivity index (χ0) is 23.8. The lowest BCUT2D eigenvalue weighted by Crippen LogP contribution is -2.46. The topological polar surface area (TPSA) is 83.9 Å². The summed E-state index contributed by atoms with van der Waals surface area (Å²) in [6, 6.07) is 18.2. The van der Waals surface area contributed by atoms with E-state index in [1.165, 1.54) is 28.0 Å². The highest BCUT2D eigenvalue weighted by Crippen LogP contribution is 2.36. The number of hydrogen-bond acceptors (Lipinski definition) is 7. The van der Waals surface area contributed by atoms with E-state index in [1.807, 2.05) is 23.8 Å². The van der Waals surface area contributed by atoms with Crippen molar-refractivity contribution in [2.24, 2.45) is 0 Å². The first-order valence-electron chi connectivity index (χ1n) is 10.0. The van der Waals surface area contributed by atoms with Gasteiger partial charge in [-0.1, -0.05) is 36.4 Å². The minimum atomic E-state index is -1.71. The van der Waals surface area contributed by atoms with Gasteiger partial charge in [-0.15, -0.1) is 11.3 Å². The molecule has 0 radical (unpaired) electrons. The summed E-state index contributed by atoms with van der Waals surface area (Å²) in [7, 11) is -1.71. The number of thiol groups is 1. The van der Waals surface area contributed by atoms with Crippen LogP contribution >= 0.6 is 34.8 Å². The molecule has 0 aliphatic heterocycles. The number of thiophene rings is 1. The first-order valence-corrected chi connectivity index (χ1v) is 14.5. The van der Waals surface area contributed by atoms with Crippen LogP contribution in [0.5, 0.6) is 0 Å². The van der Waals surface area contributed by atoms with Gasteiger partial charge in [0.25, 0.3) is 5.91 Å². The van der Waals surface area contributed by atoms with Crippen LogP contribution in [0.3, 0.4) is 0 Å². The number of carbonyl (C=O) groups is 2. The molecular formula is C23H24N2O4S4. The summed E-state index contributed by atoms with van der Waals surface area (Å²) in [5.74, 6) is -0.965. The molecule has 3 aromatic rings. The number of carboxylic acid groups (broad SMARTS) is 1. The average Bonchev–Trinajstić information content (AvgIpc) is 3.33. The van der Waals surface area contributed by atoms with Crippen LogP contribution < -0.4 is 9.21 Å². The minimum Gasteiger partial charge on any atom is -0.581 e. The van der Waals surface area contributed by atoms with Crippen LogP contribution in [0.2, 0.25) is 0 Å². The third-order valence-corrected chi connectivity index (χ3v) is 7.71. The molecule has 33 heavy (non-hydrogen) atoms. The molecule has 1 N–H and O–H groups in total. The van der Waals surface area contributed by atoms with Gasteiger partial charge in [0.1, 0.15) is 40.3 Å². The highest BCUT2D eigenvalue weighted by molar-refractivity contribution is 8.64. The molecule has 0 spiro atoms. The lowest BCUT2D eigenvalue weighted by molar-refractivity contribution is -0.138. The molecular weight excluding hydrogens is 497 g/mol. The number of benzene rings is 2. The number of rotatable bonds is 11. The fourth-order valence-electron chi connectivity index (χ4n) is 3.38. The van der Waals surface area contributed by atoms with Crippen LogP contribution in [0.4, 0.5) is 11.4 Å². The number of amides is 1. The number of para-hydroxylation sites is 2. The van der Waals surface area contributed by atoms with Crippen molar-refractivity contribution >= 4 is 68.4 Å². The number of carboxylic acids is 1.